The molecule has 0 radical (unpaired) electrons. The molecule has 82 valence electrons. The highest BCUT2D eigenvalue weighted by atomic mass is 16.2. The lowest BCUT2D eigenvalue weighted by molar-refractivity contribution is -0.128. The molecule has 1 saturated heterocycles. The van der Waals surface area contributed by atoms with Crippen molar-refractivity contribution in [2.45, 2.75) is 25.8 Å². The molecule has 1 aliphatic heterocycles. The predicted molar refractivity (Wildman–Crippen MR) is 57.2 cm³/mol. The second-order valence-electron chi connectivity index (χ2n) is 3.81. The molecule has 1 heterocycles. The van der Waals surface area contributed by atoms with Gasteiger partial charge in [-0.05, 0) is 32.9 Å². The summed E-state index contributed by atoms with van der Waals surface area (Å²) in [7, 11) is 1.84. The molecular weight excluding hydrogens is 178 g/mol. The number of nitrogens with zero attached hydrogens (tertiary/aromatic N) is 1. The standard InChI is InChI=1S/C10H21N3O/c1-3-13(2)10(14)8-12-9-4-6-11-7-5-9/h9,11-12H,3-8H2,1-2H3. The fourth-order valence-electron chi connectivity index (χ4n) is 1.57. The van der Waals surface area contributed by atoms with Gasteiger partial charge in [0.05, 0.1) is 6.54 Å². The fraction of sp³-hybridized carbons (Fsp3) is 0.900. The third-order valence-corrected chi connectivity index (χ3v) is 2.78. The lowest BCUT2D eigenvalue weighted by Crippen LogP contribution is -2.44. The van der Waals surface area contributed by atoms with Crippen LogP contribution in [-0.4, -0.2) is 50.1 Å². The summed E-state index contributed by atoms with van der Waals surface area (Å²) in [6.45, 7) is 5.38. The Morgan fingerprint density at radius 3 is 2.71 bits per heavy atom. The number of rotatable bonds is 4. The zero-order valence-electron chi connectivity index (χ0n) is 9.18. The van der Waals surface area contributed by atoms with Crippen LogP contribution in [0.25, 0.3) is 0 Å². The highest BCUT2D eigenvalue weighted by Crippen LogP contribution is 2.01. The normalized spacial score (nSPS) is 18.1. The molecule has 2 N–H and O–H groups in total. The van der Waals surface area contributed by atoms with Crippen LogP contribution in [0.5, 0.6) is 0 Å². The monoisotopic (exact) mass is 199 g/mol. The molecule has 0 aliphatic carbocycles. The van der Waals surface area contributed by atoms with Crippen molar-refractivity contribution >= 4 is 5.91 Å². The molecular formula is C10H21N3O. The van der Waals surface area contributed by atoms with Crippen LogP contribution in [0.2, 0.25) is 0 Å². The van der Waals surface area contributed by atoms with Gasteiger partial charge in [0, 0.05) is 19.6 Å². The van der Waals surface area contributed by atoms with Gasteiger partial charge in [-0.15, -0.1) is 0 Å². The van der Waals surface area contributed by atoms with Gasteiger partial charge >= 0.3 is 0 Å². The summed E-state index contributed by atoms with van der Waals surface area (Å²) in [4.78, 5) is 13.2. The maximum atomic E-state index is 11.5. The van der Waals surface area contributed by atoms with E-state index in [9.17, 15) is 4.79 Å². The molecule has 0 aromatic heterocycles. The van der Waals surface area contributed by atoms with E-state index in [4.69, 9.17) is 0 Å². The van der Waals surface area contributed by atoms with Crippen molar-refractivity contribution < 1.29 is 4.79 Å². The maximum Gasteiger partial charge on any atom is 0.236 e. The number of hydrogen-bond donors (Lipinski definition) is 2. The number of carbonyl (C=O) groups is 1. The van der Waals surface area contributed by atoms with Crippen LogP contribution in [0, 0.1) is 0 Å². The third kappa shape index (κ3) is 3.64. The summed E-state index contributed by atoms with van der Waals surface area (Å²) < 4.78 is 0. The molecule has 0 aromatic rings. The Bertz CT molecular complexity index is 178. The molecule has 0 unspecified atom stereocenters. The molecule has 14 heavy (non-hydrogen) atoms. The Kier molecular flexibility index (Phi) is 4.90. The van der Waals surface area contributed by atoms with Crippen molar-refractivity contribution in [1.82, 2.24) is 15.5 Å². The first-order valence-electron chi connectivity index (χ1n) is 5.42. The molecule has 4 heteroatoms. The Labute approximate surface area is 86.0 Å². The molecule has 1 amide bonds. The molecule has 0 atom stereocenters. The topological polar surface area (TPSA) is 44.4 Å². The first-order chi connectivity index (χ1) is 6.74. The van der Waals surface area contributed by atoms with Gasteiger partial charge in [-0.25, -0.2) is 0 Å². The average Bonchev–Trinajstić information content (AvgIpc) is 2.26. The van der Waals surface area contributed by atoms with E-state index in [2.05, 4.69) is 10.6 Å². The van der Waals surface area contributed by atoms with Crippen LogP contribution < -0.4 is 10.6 Å². The van der Waals surface area contributed by atoms with E-state index >= 15 is 0 Å². The van der Waals surface area contributed by atoms with Crippen molar-refractivity contribution in [3.8, 4) is 0 Å². The van der Waals surface area contributed by atoms with Gasteiger partial charge in [-0.3, -0.25) is 4.79 Å². The smallest absolute Gasteiger partial charge is 0.236 e. The van der Waals surface area contributed by atoms with Gasteiger partial charge in [0.25, 0.3) is 0 Å². The zero-order chi connectivity index (χ0) is 10.4. The van der Waals surface area contributed by atoms with Gasteiger partial charge < -0.3 is 15.5 Å². The second-order valence-corrected chi connectivity index (χ2v) is 3.81. The van der Waals surface area contributed by atoms with E-state index in [1.54, 1.807) is 4.90 Å². The summed E-state index contributed by atoms with van der Waals surface area (Å²) in [5.41, 5.74) is 0. The average molecular weight is 199 g/mol. The minimum atomic E-state index is 0.186. The lowest BCUT2D eigenvalue weighted by Gasteiger charge is -2.24. The number of hydrogen-bond acceptors (Lipinski definition) is 3. The quantitative estimate of drug-likeness (QED) is 0.659. The largest absolute Gasteiger partial charge is 0.345 e. The van der Waals surface area contributed by atoms with Crippen molar-refractivity contribution in [3.63, 3.8) is 0 Å². The van der Waals surface area contributed by atoms with Crippen LogP contribution in [0.1, 0.15) is 19.8 Å². The summed E-state index contributed by atoms with van der Waals surface area (Å²) in [6, 6.07) is 0.519. The van der Waals surface area contributed by atoms with Crippen molar-refractivity contribution in [2.24, 2.45) is 0 Å². The minimum absolute atomic E-state index is 0.186. The Morgan fingerprint density at radius 1 is 1.50 bits per heavy atom. The van der Waals surface area contributed by atoms with Crippen LogP contribution in [-0.2, 0) is 4.79 Å². The van der Waals surface area contributed by atoms with E-state index in [0.29, 0.717) is 12.6 Å². The number of nitrogens with one attached hydrogen (secondary N) is 2. The highest BCUT2D eigenvalue weighted by Gasteiger charge is 2.14. The van der Waals surface area contributed by atoms with E-state index in [1.165, 1.54) is 0 Å². The molecule has 0 spiro atoms. The molecule has 1 rings (SSSR count). The molecule has 0 aromatic carbocycles. The summed E-state index contributed by atoms with van der Waals surface area (Å²) in [5, 5.41) is 6.61. The van der Waals surface area contributed by atoms with Crippen molar-refractivity contribution in [1.29, 1.82) is 0 Å². The Balaban J connectivity index is 2.15. The Morgan fingerprint density at radius 2 is 2.14 bits per heavy atom. The molecule has 1 fully saturated rings. The van der Waals surface area contributed by atoms with Crippen molar-refractivity contribution in [2.75, 3.05) is 33.2 Å². The Hall–Kier alpha value is -0.610. The second kappa shape index (κ2) is 5.98. The van der Waals surface area contributed by atoms with Gasteiger partial charge in [-0.1, -0.05) is 0 Å². The molecule has 0 saturated carbocycles. The van der Waals surface area contributed by atoms with E-state index in [-0.39, 0.29) is 5.91 Å². The first-order valence-corrected chi connectivity index (χ1v) is 5.42. The van der Waals surface area contributed by atoms with Crippen molar-refractivity contribution in [3.05, 3.63) is 0 Å². The third-order valence-electron chi connectivity index (χ3n) is 2.78. The number of likely N-dealkylation sites (N-methyl/N-ethyl adjacent to an activating group) is 1. The van der Waals surface area contributed by atoms with Gasteiger partial charge in [-0.2, -0.15) is 0 Å². The van der Waals surface area contributed by atoms with Crippen LogP contribution in [0.3, 0.4) is 0 Å². The summed E-state index contributed by atoms with van der Waals surface area (Å²) in [5.74, 6) is 0.186. The van der Waals surface area contributed by atoms with E-state index in [1.807, 2.05) is 14.0 Å². The van der Waals surface area contributed by atoms with Gasteiger partial charge in [0.15, 0.2) is 0 Å². The SMILES string of the molecule is CCN(C)C(=O)CNC1CCNCC1. The summed E-state index contributed by atoms with van der Waals surface area (Å²) >= 11 is 0. The van der Waals surface area contributed by atoms with Gasteiger partial charge in [0.1, 0.15) is 0 Å². The predicted octanol–water partition coefficient (Wildman–Crippen LogP) is -0.194. The lowest BCUT2D eigenvalue weighted by atomic mass is 10.1. The van der Waals surface area contributed by atoms with Crippen LogP contribution in [0.4, 0.5) is 0 Å². The van der Waals surface area contributed by atoms with Gasteiger partial charge in [0.2, 0.25) is 5.91 Å². The summed E-state index contributed by atoms with van der Waals surface area (Å²) in [6.07, 6.45) is 2.26. The number of piperidine rings is 1. The molecule has 4 nitrogen and oxygen atoms in total. The molecule has 1 aliphatic rings. The van der Waals surface area contributed by atoms with E-state index in [0.717, 1.165) is 32.5 Å². The number of carbonyl (C=O) groups excluding carboxylic acids is 1. The van der Waals surface area contributed by atoms with E-state index < -0.39 is 0 Å². The highest BCUT2D eigenvalue weighted by molar-refractivity contribution is 5.77. The maximum absolute atomic E-state index is 11.5. The number of amides is 1. The van der Waals surface area contributed by atoms with Crippen LogP contribution >= 0.6 is 0 Å². The molecule has 0 bridgehead atoms. The first kappa shape index (κ1) is 11.5. The van der Waals surface area contributed by atoms with Crippen LogP contribution in [0.15, 0.2) is 0 Å². The zero-order valence-corrected chi connectivity index (χ0v) is 9.18. The minimum Gasteiger partial charge on any atom is -0.345 e. The fourth-order valence-corrected chi connectivity index (χ4v) is 1.57.